The molecule has 0 unspecified atom stereocenters. The molecule has 0 saturated carbocycles. The summed E-state index contributed by atoms with van der Waals surface area (Å²) in [5.74, 6) is 0. The summed E-state index contributed by atoms with van der Waals surface area (Å²) in [4.78, 5) is 0. The molecule has 0 saturated heterocycles. The Morgan fingerprint density at radius 2 is 0.800 bits per heavy atom. The van der Waals surface area contributed by atoms with Gasteiger partial charge in [0, 0.05) is 0 Å². The number of rotatable bonds is 0. The third-order valence-electron chi connectivity index (χ3n) is 0. The van der Waals surface area contributed by atoms with E-state index >= 15 is 0 Å². The summed E-state index contributed by atoms with van der Waals surface area (Å²) in [5.41, 5.74) is 0. The van der Waals surface area contributed by atoms with E-state index in [1.54, 1.807) is 0 Å². The fourth-order valence-electron chi connectivity index (χ4n) is 0. The topological polar surface area (TPSA) is 126 Å². The van der Waals surface area contributed by atoms with Gasteiger partial charge in [0.1, 0.15) is 0 Å². The minimum absolute atomic E-state index is 0. The summed E-state index contributed by atoms with van der Waals surface area (Å²) in [6.07, 6.45) is 0. The Balaban J connectivity index is -0.0000000300. The van der Waals surface area contributed by atoms with Gasteiger partial charge in [0.05, 0.1) is 0 Å². The molecule has 69 valence electrons. The fourth-order valence-corrected chi connectivity index (χ4v) is 0. The van der Waals surface area contributed by atoms with Crippen molar-refractivity contribution < 1.29 is 87.5 Å². The van der Waals surface area contributed by atoms with Crippen molar-refractivity contribution in [3.63, 3.8) is 0 Å². The van der Waals surface area contributed by atoms with Gasteiger partial charge < -0.3 is 0 Å². The first-order chi connectivity index (χ1) is 3.46. The van der Waals surface area contributed by atoms with Gasteiger partial charge in [0.2, 0.25) is 0 Å². The molecule has 0 atom stereocenters. The molecule has 0 amide bonds. The van der Waals surface area contributed by atoms with Crippen LogP contribution >= 0.6 is 0 Å². The quantitative estimate of drug-likeness (QED) is 0.410. The molecule has 0 fully saturated rings. The Morgan fingerprint density at radius 3 is 0.800 bits per heavy atom. The molecule has 0 aromatic heterocycles. The SMILES string of the molecule is [Cu+2].[Fe+2].[O]=[Mn]([O-])[O-].[O]=[Mn]([O-])[O-]. The van der Waals surface area contributed by atoms with Gasteiger partial charge in [-0.25, -0.2) is 0 Å². The molecule has 0 aliphatic heterocycles. The van der Waals surface area contributed by atoms with Crippen molar-refractivity contribution in [1.82, 2.24) is 0 Å². The Morgan fingerprint density at radius 1 is 0.800 bits per heavy atom. The van der Waals surface area contributed by atoms with Crippen LogP contribution in [0.2, 0.25) is 0 Å². The van der Waals surface area contributed by atoms with Crippen LogP contribution in [0.1, 0.15) is 0 Å². The van der Waals surface area contributed by atoms with Crippen LogP contribution in [0, 0.1) is 0 Å². The minimum atomic E-state index is -3.65. The van der Waals surface area contributed by atoms with Crippen LogP contribution in [-0.4, -0.2) is 0 Å². The Kier molecular flexibility index (Phi) is 38.0. The molecule has 0 spiro atoms. The van der Waals surface area contributed by atoms with E-state index in [1.807, 2.05) is 0 Å². The van der Waals surface area contributed by atoms with Gasteiger partial charge in [-0.1, -0.05) is 0 Å². The van der Waals surface area contributed by atoms with Crippen molar-refractivity contribution in [2.24, 2.45) is 0 Å². The molecular formula is CuFeMn2O6. The van der Waals surface area contributed by atoms with Gasteiger partial charge >= 0.3 is 87.5 Å². The summed E-state index contributed by atoms with van der Waals surface area (Å²) in [5, 5.41) is 0. The van der Waals surface area contributed by atoms with Crippen LogP contribution in [0.25, 0.3) is 0 Å². The fraction of sp³-hybridized carbons (Fsp3) is 0. The molecule has 0 aromatic rings. The molecule has 0 heterocycles. The van der Waals surface area contributed by atoms with Gasteiger partial charge in [-0.2, -0.15) is 0 Å². The molecule has 0 bridgehead atoms. The Labute approximate surface area is 87.1 Å². The zero-order valence-electron chi connectivity index (χ0n) is 3.86. The average Bonchev–Trinajstić information content (AvgIpc) is 1.25. The van der Waals surface area contributed by atoms with Gasteiger partial charge in [0.25, 0.3) is 0 Å². The zero-order valence-corrected chi connectivity index (χ0v) is 8.27. The van der Waals surface area contributed by atoms with Crippen LogP contribution in [0.15, 0.2) is 0 Å². The molecule has 10 heteroatoms. The van der Waals surface area contributed by atoms with E-state index in [1.165, 1.54) is 0 Å². The van der Waals surface area contributed by atoms with E-state index in [4.69, 9.17) is 24.4 Å². The van der Waals surface area contributed by atoms with Crippen molar-refractivity contribution >= 4 is 0 Å². The maximum atomic E-state index is 8.52. The number of hydrogen-bond acceptors (Lipinski definition) is 6. The normalized spacial score (nSPS) is 7.00. The molecule has 0 N–H and O–H groups in total. The van der Waals surface area contributed by atoms with Gasteiger partial charge in [-0.15, -0.1) is 0 Å². The van der Waals surface area contributed by atoms with E-state index in [0.717, 1.165) is 0 Å². The first kappa shape index (κ1) is 22.5. The summed E-state index contributed by atoms with van der Waals surface area (Å²) < 4.78 is 51.1. The predicted octanol–water partition coefficient (Wildman–Crippen LogP) is -5.00. The molecule has 1 radical (unpaired) electrons. The van der Waals surface area contributed by atoms with Crippen molar-refractivity contribution in [3.8, 4) is 0 Å². The van der Waals surface area contributed by atoms with Crippen LogP contribution in [0.3, 0.4) is 0 Å². The second-order valence-corrected chi connectivity index (χ2v) is 1.56. The summed E-state index contributed by atoms with van der Waals surface area (Å²) >= 11 is -7.29. The summed E-state index contributed by atoms with van der Waals surface area (Å²) in [6.45, 7) is 0. The van der Waals surface area contributed by atoms with Crippen molar-refractivity contribution in [2.45, 2.75) is 0 Å². The van der Waals surface area contributed by atoms with Gasteiger partial charge in [-0.05, 0) is 0 Å². The van der Waals surface area contributed by atoms with Gasteiger partial charge in [0.15, 0.2) is 0 Å². The van der Waals surface area contributed by atoms with E-state index < -0.39 is 29.0 Å². The van der Waals surface area contributed by atoms with Crippen molar-refractivity contribution in [3.05, 3.63) is 0 Å². The molecule has 0 aliphatic rings. The molecule has 0 aromatic carbocycles. The van der Waals surface area contributed by atoms with Gasteiger partial charge in [-0.3, -0.25) is 0 Å². The third kappa shape index (κ3) is 300. The second-order valence-electron chi connectivity index (χ2n) is 0.378. The summed E-state index contributed by atoms with van der Waals surface area (Å²) in [6, 6.07) is 0. The number of hydrogen-bond donors (Lipinski definition) is 0. The zero-order chi connectivity index (χ0) is 7.15. The Bertz CT molecular complexity index is 73.7. The molecule has 0 aliphatic carbocycles. The van der Waals surface area contributed by atoms with E-state index in [-0.39, 0.29) is 34.1 Å². The molecule has 6 nitrogen and oxygen atoms in total. The van der Waals surface area contributed by atoms with Crippen LogP contribution in [0.4, 0.5) is 0 Å². The van der Waals surface area contributed by atoms with Crippen molar-refractivity contribution in [2.75, 3.05) is 0 Å². The molecular weight excluding hydrogens is 325 g/mol. The average molecular weight is 325 g/mol. The third-order valence-corrected chi connectivity index (χ3v) is 0. The van der Waals surface area contributed by atoms with Crippen molar-refractivity contribution in [1.29, 1.82) is 0 Å². The summed E-state index contributed by atoms with van der Waals surface area (Å²) in [7, 11) is 0. The van der Waals surface area contributed by atoms with E-state index in [0.29, 0.717) is 0 Å². The maximum absolute atomic E-state index is 8.52. The standard InChI is InChI=1S/Cu.Fe.2Mn.6O/q2*+2;;;;;4*-1. The first-order valence-electron chi connectivity index (χ1n) is 0.926. The predicted molar refractivity (Wildman–Crippen MR) is 1.37 cm³/mol. The Hall–Kier alpha value is 1.52. The van der Waals surface area contributed by atoms with Crippen LogP contribution in [-0.2, 0) is 70.8 Å². The molecule has 10 heavy (non-hydrogen) atoms. The second kappa shape index (κ2) is 16.9. The van der Waals surface area contributed by atoms with E-state index in [9.17, 15) is 0 Å². The van der Waals surface area contributed by atoms with Crippen LogP contribution < -0.4 is 16.8 Å². The molecule has 0 rings (SSSR count). The van der Waals surface area contributed by atoms with E-state index in [2.05, 4.69) is 0 Å². The van der Waals surface area contributed by atoms with Crippen LogP contribution in [0.5, 0.6) is 0 Å². The monoisotopic (exact) mass is 325 g/mol. The first-order valence-corrected chi connectivity index (χ1v) is 3.82.